The zero-order valence-electron chi connectivity index (χ0n) is 19.4. The lowest BCUT2D eigenvalue weighted by Crippen LogP contribution is -1.94. The highest BCUT2D eigenvalue weighted by Crippen LogP contribution is 2.32. The van der Waals surface area contributed by atoms with Crippen molar-refractivity contribution >= 4 is 12.2 Å². The molecular weight excluding hydrogens is 429 g/mol. The maximum absolute atomic E-state index is 15.0. The summed E-state index contributed by atoms with van der Waals surface area (Å²) in [4.78, 5) is 0. The average Bonchev–Trinajstić information content (AvgIpc) is 2.86. The molecule has 0 N–H and O–H groups in total. The molecule has 172 valence electrons. The van der Waals surface area contributed by atoms with Gasteiger partial charge in [0.05, 0.1) is 0 Å². The van der Waals surface area contributed by atoms with Gasteiger partial charge < -0.3 is 0 Å². The Bertz CT molecular complexity index is 1300. The van der Waals surface area contributed by atoms with Crippen LogP contribution in [0.5, 0.6) is 0 Å². The van der Waals surface area contributed by atoms with Crippen LogP contribution in [0.3, 0.4) is 0 Å². The molecule has 4 aromatic rings. The summed E-state index contributed by atoms with van der Waals surface area (Å²) >= 11 is 0. The number of hydrogen-bond acceptors (Lipinski definition) is 0. The predicted octanol–water partition coefficient (Wildman–Crippen LogP) is 9.12. The van der Waals surface area contributed by atoms with Crippen LogP contribution in [0.25, 0.3) is 34.4 Å². The van der Waals surface area contributed by atoms with Crippen molar-refractivity contribution in [3.63, 3.8) is 0 Å². The Balaban J connectivity index is 1.55. The molecule has 4 rings (SSSR count). The monoisotopic (exact) mass is 456 g/mol. The van der Waals surface area contributed by atoms with Crippen LogP contribution in [0.1, 0.15) is 42.5 Å². The quantitative estimate of drug-likeness (QED) is 0.243. The molecular formula is C31H27F3. The largest absolute Gasteiger partial charge is 0.206 e. The molecule has 3 heteroatoms. The van der Waals surface area contributed by atoms with Gasteiger partial charge in [-0.3, -0.25) is 0 Å². The second-order valence-electron chi connectivity index (χ2n) is 8.40. The Morgan fingerprint density at radius 2 is 1.18 bits per heavy atom. The van der Waals surface area contributed by atoms with E-state index in [-0.39, 0.29) is 16.9 Å². The van der Waals surface area contributed by atoms with Gasteiger partial charge in [-0.2, -0.15) is 0 Å². The van der Waals surface area contributed by atoms with Crippen molar-refractivity contribution in [3.05, 3.63) is 119 Å². The van der Waals surface area contributed by atoms with Crippen LogP contribution in [-0.2, 0) is 12.8 Å². The zero-order valence-corrected chi connectivity index (χ0v) is 19.4. The summed E-state index contributed by atoms with van der Waals surface area (Å²) in [5.41, 5.74) is 5.17. The molecule has 4 aromatic carbocycles. The Hall–Kier alpha value is -3.59. The van der Waals surface area contributed by atoms with Gasteiger partial charge in [-0.1, -0.05) is 105 Å². The second kappa shape index (κ2) is 10.6. The Labute approximate surface area is 199 Å². The van der Waals surface area contributed by atoms with Crippen molar-refractivity contribution in [1.82, 2.24) is 0 Å². The number of benzene rings is 4. The minimum atomic E-state index is -0.864. The van der Waals surface area contributed by atoms with Gasteiger partial charge in [0.25, 0.3) is 0 Å². The van der Waals surface area contributed by atoms with E-state index in [1.165, 1.54) is 5.56 Å². The predicted molar refractivity (Wildman–Crippen MR) is 136 cm³/mol. The molecule has 0 heterocycles. The summed E-state index contributed by atoms with van der Waals surface area (Å²) in [7, 11) is 0. The summed E-state index contributed by atoms with van der Waals surface area (Å²) in [5, 5.41) is 0. The lowest BCUT2D eigenvalue weighted by molar-refractivity contribution is 0.514. The number of rotatable bonds is 7. The van der Waals surface area contributed by atoms with E-state index in [2.05, 4.69) is 6.92 Å². The first kappa shape index (κ1) is 23.6. The first-order valence-corrected chi connectivity index (χ1v) is 11.6. The van der Waals surface area contributed by atoms with Gasteiger partial charge in [-0.25, -0.2) is 13.2 Å². The summed E-state index contributed by atoms with van der Waals surface area (Å²) < 4.78 is 44.1. The third-order valence-electron chi connectivity index (χ3n) is 6.04. The number of aryl methyl sites for hydroxylation is 2. The van der Waals surface area contributed by atoms with Crippen molar-refractivity contribution < 1.29 is 13.2 Å². The summed E-state index contributed by atoms with van der Waals surface area (Å²) in [5.74, 6) is -1.97. The van der Waals surface area contributed by atoms with Crippen molar-refractivity contribution in [2.45, 2.75) is 33.1 Å². The Kier molecular flexibility index (Phi) is 7.32. The molecule has 0 fully saturated rings. The van der Waals surface area contributed by atoms with Crippen LogP contribution in [-0.4, -0.2) is 0 Å². The van der Waals surface area contributed by atoms with Gasteiger partial charge in [-0.05, 0) is 46.7 Å². The highest BCUT2D eigenvalue weighted by molar-refractivity contribution is 5.74. The van der Waals surface area contributed by atoms with Crippen molar-refractivity contribution in [1.29, 1.82) is 0 Å². The lowest BCUT2D eigenvalue weighted by Gasteiger charge is -2.10. The maximum atomic E-state index is 15.0. The van der Waals surface area contributed by atoms with Gasteiger partial charge >= 0.3 is 0 Å². The Morgan fingerprint density at radius 1 is 0.618 bits per heavy atom. The van der Waals surface area contributed by atoms with E-state index in [1.807, 2.05) is 49.4 Å². The summed E-state index contributed by atoms with van der Waals surface area (Å²) in [6.07, 6.45) is 6.29. The second-order valence-corrected chi connectivity index (χ2v) is 8.40. The van der Waals surface area contributed by atoms with E-state index in [0.29, 0.717) is 16.7 Å². The third-order valence-corrected chi connectivity index (χ3v) is 6.04. The standard InChI is InChI=1S/C31H27F3/c1-3-5-22-7-12-24(13-8-22)27-18-19-28(31(34)30(27)33)25-14-9-23(10-15-25)11-17-26-16-6-21(4-2)20-29(26)32/h6-20H,3-5H2,1-2H3/b17-11+. The molecule has 0 unspecified atom stereocenters. The molecule has 0 aliphatic carbocycles. The van der Waals surface area contributed by atoms with Crippen LogP contribution in [0.4, 0.5) is 13.2 Å². The molecule has 0 aliphatic heterocycles. The molecule has 0 nitrogen and oxygen atoms in total. The lowest BCUT2D eigenvalue weighted by atomic mass is 9.97. The highest BCUT2D eigenvalue weighted by atomic mass is 19.2. The van der Waals surface area contributed by atoms with Gasteiger partial charge in [-0.15, -0.1) is 0 Å². The fraction of sp³-hybridized carbons (Fsp3) is 0.161. The normalized spacial score (nSPS) is 11.3. The highest BCUT2D eigenvalue weighted by Gasteiger charge is 2.16. The molecule has 0 aliphatic rings. The average molecular weight is 457 g/mol. The molecule has 34 heavy (non-hydrogen) atoms. The molecule has 0 aromatic heterocycles. The SMILES string of the molecule is CCCc1ccc(-c2ccc(-c3ccc(/C=C/c4ccc(CC)cc4F)cc3)c(F)c2F)cc1. The van der Waals surface area contributed by atoms with Crippen molar-refractivity contribution in [2.24, 2.45) is 0 Å². The van der Waals surface area contributed by atoms with Gasteiger partial charge in [0.1, 0.15) is 5.82 Å². The summed E-state index contributed by atoms with van der Waals surface area (Å²) in [6.45, 7) is 4.09. The van der Waals surface area contributed by atoms with Crippen LogP contribution in [0, 0.1) is 17.5 Å². The fourth-order valence-electron chi connectivity index (χ4n) is 4.02. The maximum Gasteiger partial charge on any atom is 0.167 e. The van der Waals surface area contributed by atoms with Crippen LogP contribution >= 0.6 is 0 Å². The fourth-order valence-corrected chi connectivity index (χ4v) is 4.02. The van der Waals surface area contributed by atoms with Crippen LogP contribution in [0.15, 0.2) is 78.9 Å². The van der Waals surface area contributed by atoms with Gasteiger partial charge in [0, 0.05) is 16.7 Å². The van der Waals surface area contributed by atoms with E-state index in [4.69, 9.17) is 0 Å². The first-order chi connectivity index (χ1) is 16.5. The number of halogens is 3. The molecule has 0 saturated carbocycles. The first-order valence-electron chi connectivity index (χ1n) is 11.6. The van der Waals surface area contributed by atoms with Crippen LogP contribution < -0.4 is 0 Å². The van der Waals surface area contributed by atoms with E-state index in [0.717, 1.165) is 30.4 Å². The number of hydrogen-bond donors (Lipinski definition) is 0. The van der Waals surface area contributed by atoms with Crippen molar-refractivity contribution in [3.8, 4) is 22.3 Å². The molecule has 0 bridgehead atoms. The Morgan fingerprint density at radius 3 is 1.71 bits per heavy atom. The summed E-state index contributed by atoms with van der Waals surface area (Å²) in [6, 6.07) is 23.1. The minimum absolute atomic E-state index is 0.209. The van der Waals surface area contributed by atoms with Gasteiger partial charge in [0.2, 0.25) is 0 Å². The topological polar surface area (TPSA) is 0 Å². The van der Waals surface area contributed by atoms with Crippen LogP contribution in [0.2, 0.25) is 0 Å². The molecule has 0 amide bonds. The van der Waals surface area contributed by atoms with Gasteiger partial charge in [0.15, 0.2) is 11.6 Å². The zero-order chi connectivity index (χ0) is 24.1. The van der Waals surface area contributed by atoms with E-state index >= 15 is 0 Å². The van der Waals surface area contributed by atoms with E-state index in [9.17, 15) is 13.2 Å². The molecule has 0 atom stereocenters. The smallest absolute Gasteiger partial charge is 0.167 e. The molecule has 0 radical (unpaired) electrons. The molecule has 0 saturated heterocycles. The van der Waals surface area contributed by atoms with Crippen molar-refractivity contribution in [2.75, 3.05) is 0 Å². The van der Waals surface area contributed by atoms with E-state index < -0.39 is 11.6 Å². The minimum Gasteiger partial charge on any atom is -0.206 e. The third kappa shape index (κ3) is 5.14. The van der Waals surface area contributed by atoms with E-state index in [1.54, 1.807) is 48.6 Å². The molecule has 0 spiro atoms.